The lowest BCUT2D eigenvalue weighted by atomic mass is 9.78. The van der Waals surface area contributed by atoms with Gasteiger partial charge >= 0.3 is 0 Å². The zero-order valence-electron chi connectivity index (χ0n) is 17.7. The van der Waals surface area contributed by atoms with Crippen molar-refractivity contribution in [3.8, 4) is 0 Å². The largest absolute Gasteiger partial charge is 0.381 e. The SMILES string of the molecule is CCNC(=NCCCOC1CCOCC1)NC(C)C(C)C1CCCCC1.I. The smallest absolute Gasteiger partial charge is 0.191 e. The molecule has 0 aromatic rings. The van der Waals surface area contributed by atoms with Gasteiger partial charge in [-0.3, -0.25) is 4.99 Å². The van der Waals surface area contributed by atoms with E-state index in [0.29, 0.717) is 18.1 Å². The summed E-state index contributed by atoms with van der Waals surface area (Å²) in [5.41, 5.74) is 0. The summed E-state index contributed by atoms with van der Waals surface area (Å²) in [7, 11) is 0. The van der Waals surface area contributed by atoms with Gasteiger partial charge in [0.25, 0.3) is 0 Å². The molecular weight excluding hydrogens is 453 g/mol. The molecule has 1 heterocycles. The molecule has 0 radical (unpaired) electrons. The van der Waals surface area contributed by atoms with Gasteiger partial charge in [0.2, 0.25) is 0 Å². The number of hydrogen-bond donors (Lipinski definition) is 2. The van der Waals surface area contributed by atoms with Gasteiger partial charge in [0.1, 0.15) is 0 Å². The standard InChI is InChI=1S/C21H41N3O2.HI/c1-4-22-21(23-13-8-14-26-20-11-15-25-16-12-20)24-18(3)17(2)19-9-6-5-7-10-19;/h17-20H,4-16H2,1-3H3,(H2,22,23,24);1H. The summed E-state index contributed by atoms with van der Waals surface area (Å²) in [6.07, 6.45) is 10.4. The first-order chi connectivity index (χ1) is 12.7. The second-order valence-corrected chi connectivity index (χ2v) is 7.99. The van der Waals surface area contributed by atoms with Gasteiger partial charge < -0.3 is 20.1 Å². The highest BCUT2D eigenvalue weighted by atomic mass is 127. The number of ether oxygens (including phenoxy) is 2. The average molecular weight is 495 g/mol. The maximum Gasteiger partial charge on any atom is 0.191 e. The van der Waals surface area contributed by atoms with Crippen molar-refractivity contribution in [2.45, 2.75) is 84.3 Å². The van der Waals surface area contributed by atoms with Crippen molar-refractivity contribution in [3.63, 3.8) is 0 Å². The van der Waals surface area contributed by atoms with Crippen molar-refractivity contribution < 1.29 is 9.47 Å². The van der Waals surface area contributed by atoms with E-state index in [4.69, 9.17) is 14.5 Å². The fraction of sp³-hybridized carbons (Fsp3) is 0.952. The molecule has 0 aromatic heterocycles. The molecule has 27 heavy (non-hydrogen) atoms. The van der Waals surface area contributed by atoms with Gasteiger partial charge in [-0.15, -0.1) is 24.0 Å². The Morgan fingerprint density at radius 1 is 1.11 bits per heavy atom. The predicted molar refractivity (Wildman–Crippen MR) is 124 cm³/mol. The van der Waals surface area contributed by atoms with E-state index in [-0.39, 0.29) is 24.0 Å². The number of hydrogen-bond acceptors (Lipinski definition) is 3. The molecule has 2 atom stereocenters. The molecule has 2 aliphatic rings. The molecule has 0 aromatic carbocycles. The molecule has 0 amide bonds. The molecule has 1 saturated carbocycles. The van der Waals surface area contributed by atoms with Crippen molar-refractivity contribution in [1.82, 2.24) is 10.6 Å². The van der Waals surface area contributed by atoms with Crippen LogP contribution in [0.4, 0.5) is 0 Å². The molecule has 160 valence electrons. The third-order valence-electron chi connectivity index (χ3n) is 5.98. The molecule has 2 N–H and O–H groups in total. The van der Waals surface area contributed by atoms with Crippen LogP contribution in [0.15, 0.2) is 4.99 Å². The summed E-state index contributed by atoms with van der Waals surface area (Å²) in [4.78, 5) is 4.75. The molecule has 5 nitrogen and oxygen atoms in total. The Balaban J connectivity index is 0.00000364. The number of halogens is 1. The van der Waals surface area contributed by atoms with Crippen molar-refractivity contribution in [1.29, 1.82) is 0 Å². The maximum absolute atomic E-state index is 5.93. The van der Waals surface area contributed by atoms with Crippen LogP contribution in [0.3, 0.4) is 0 Å². The van der Waals surface area contributed by atoms with Gasteiger partial charge in [0, 0.05) is 39.0 Å². The molecule has 1 saturated heterocycles. The Morgan fingerprint density at radius 3 is 2.48 bits per heavy atom. The molecular formula is C21H42IN3O2. The first-order valence-electron chi connectivity index (χ1n) is 10.9. The maximum atomic E-state index is 5.93. The number of aliphatic imine (C=N–C) groups is 1. The molecule has 0 spiro atoms. The van der Waals surface area contributed by atoms with Crippen molar-refractivity contribution in [2.75, 3.05) is 32.9 Å². The van der Waals surface area contributed by atoms with Gasteiger partial charge in [-0.05, 0) is 44.9 Å². The molecule has 0 bridgehead atoms. The van der Waals surface area contributed by atoms with Gasteiger partial charge in [-0.25, -0.2) is 0 Å². The van der Waals surface area contributed by atoms with Crippen LogP contribution in [0.25, 0.3) is 0 Å². The molecule has 2 rings (SSSR count). The average Bonchev–Trinajstić information content (AvgIpc) is 2.68. The van der Waals surface area contributed by atoms with Crippen molar-refractivity contribution >= 4 is 29.9 Å². The van der Waals surface area contributed by atoms with Crippen molar-refractivity contribution in [3.05, 3.63) is 0 Å². The number of rotatable bonds is 9. The van der Waals surface area contributed by atoms with E-state index in [1.54, 1.807) is 0 Å². The highest BCUT2D eigenvalue weighted by molar-refractivity contribution is 14.0. The highest BCUT2D eigenvalue weighted by Crippen LogP contribution is 2.31. The van der Waals surface area contributed by atoms with E-state index in [9.17, 15) is 0 Å². The lowest BCUT2D eigenvalue weighted by Crippen LogP contribution is -2.46. The van der Waals surface area contributed by atoms with E-state index in [1.165, 1.54) is 32.1 Å². The Hall–Kier alpha value is -0.0800. The third-order valence-corrected chi connectivity index (χ3v) is 5.98. The van der Waals surface area contributed by atoms with E-state index >= 15 is 0 Å². The molecule has 1 aliphatic carbocycles. The minimum Gasteiger partial charge on any atom is -0.381 e. The van der Waals surface area contributed by atoms with Crippen LogP contribution in [0.2, 0.25) is 0 Å². The summed E-state index contributed by atoms with van der Waals surface area (Å²) in [5.74, 6) is 2.51. The van der Waals surface area contributed by atoms with Gasteiger partial charge in [-0.1, -0.05) is 39.0 Å². The summed E-state index contributed by atoms with van der Waals surface area (Å²) in [6.45, 7) is 11.0. The lowest BCUT2D eigenvalue weighted by Gasteiger charge is -2.33. The van der Waals surface area contributed by atoms with E-state index in [0.717, 1.165) is 64.1 Å². The lowest BCUT2D eigenvalue weighted by molar-refractivity contribution is -0.0318. The van der Waals surface area contributed by atoms with E-state index < -0.39 is 0 Å². The first-order valence-corrected chi connectivity index (χ1v) is 10.9. The van der Waals surface area contributed by atoms with E-state index in [1.807, 2.05) is 0 Å². The fourth-order valence-electron chi connectivity index (χ4n) is 4.08. The molecule has 2 fully saturated rings. The molecule has 2 unspecified atom stereocenters. The monoisotopic (exact) mass is 495 g/mol. The number of nitrogens with one attached hydrogen (secondary N) is 2. The first kappa shape index (κ1) is 25.0. The Morgan fingerprint density at radius 2 is 1.81 bits per heavy atom. The minimum atomic E-state index is 0. The zero-order chi connectivity index (χ0) is 18.6. The Labute approximate surface area is 183 Å². The van der Waals surface area contributed by atoms with Crippen LogP contribution >= 0.6 is 24.0 Å². The second-order valence-electron chi connectivity index (χ2n) is 7.99. The predicted octanol–water partition coefficient (Wildman–Crippen LogP) is 4.35. The van der Waals surface area contributed by atoms with Crippen molar-refractivity contribution in [2.24, 2.45) is 16.8 Å². The Kier molecular flexibility index (Phi) is 13.7. The summed E-state index contributed by atoms with van der Waals surface area (Å²) in [6, 6.07) is 0.453. The summed E-state index contributed by atoms with van der Waals surface area (Å²) in [5, 5.41) is 7.03. The summed E-state index contributed by atoms with van der Waals surface area (Å²) < 4.78 is 11.3. The topological polar surface area (TPSA) is 54.9 Å². The molecule has 6 heteroatoms. The quantitative estimate of drug-likeness (QED) is 0.216. The van der Waals surface area contributed by atoms with Crippen LogP contribution in [0.1, 0.15) is 72.1 Å². The van der Waals surface area contributed by atoms with E-state index in [2.05, 4.69) is 31.4 Å². The highest BCUT2D eigenvalue weighted by Gasteiger charge is 2.25. The van der Waals surface area contributed by atoms with Crippen LogP contribution in [0.5, 0.6) is 0 Å². The molecule has 1 aliphatic heterocycles. The minimum absolute atomic E-state index is 0. The number of guanidine groups is 1. The van der Waals surface area contributed by atoms with Gasteiger partial charge in [-0.2, -0.15) is 0 Å². The second kappa shape index (κ2) is 14.9. The van der Waals surface area contributed by atoms with Crippen LogP contribution in [-0.2, 0) is 9.47 Å². The fourth-order valence-corrected chi connectivity index (χ4v) is 4.08. The van der Waals surface area contributed by atoms with Crippen LogP contribution < -0.4 is 10.6 Å². The summed E-state index contributed by atoms with van der Waals surface area (Å²) >= 11 is 0. The number of nitrogens with zero attached hydrogens (tertiary/aromatic N) is 1. The zero-order valence-corrected chi connectivity index (χ0v) is 20.0. The van der Waals surface area contributed by atoms with Gasteiger partial charge in [0.05, 0.1) is 6.10 Å². The third kappa shape index (κ3) is 9.79. The van der Waals surface area contributed by atoms with Crippen LogP contribution in [0, 0.1) is 11.8 Å². The normalized spacial score (nSPS) is 22.0. The van der Waals surface area contributed by atoms with Gasteiger partial charge in [0.15, 0.2) is 5.96 Å². The Bertz CT molecular complexity index is 397. The van der Waals surface area contributed by atoms with Crippen LogP contribution in [-0.4, -0.2) is 51.0 Å².